The fourth-order valence-corrected chi connectivity index (χ4v) is 5.72. The number of anilines is 1. The molecular formula is C34H54N4O7. The van der Waals surface area contributed by atoms with Gasteiger partial charge in [-0.25, -0.2) is 4.79 Å². The highest BCUT2D eigenvalue weighted by atomic mass is 16.6. The van der Waals surface area contributed by atoms with Crippen LogP contribution in [-0.4, -0.2) is 83.2 Å². The molecule has 45 heavy (non-hydrogen) atoms. The molecule has 3 N–H and O–H groups in total. The van der Waals surface area contributed by atoms with Crippen molar-refractivity contribution in [3.63, 3.8) is 0 Å². The lowest BCUT2D eigenvalue weighted by molar-refractivity contribution is -0.141. The predicted molar refractivity (Wildman–Crippen MR) is 173 cm³/mol. The lowest BCUT2D eigenvalue weighted by atomic mass is 9.87. The molecule has 0 spiro atoms. The van der Waals surface area contributed by atoms with Crippen molar-refractivity contribution in [2.75, 3.05) is 32.1 Å². The number of hydrogen-bond donors (Lipinski definition) is 3. The van der Waals surface area contributed by atoms with E-state index in [9.17, 15) is 24.3 Å². The Kier molecular flexibility index (Phi) is 13.1. The summed E-state index contributed by atoms with van der Waals surface area (Å²) in [5.41, 5.74) is 0.689. The quantitative estimate of drug-likeness (QED) is 0.271. The van der Waals surface area contributed by atoms with Crippen molar-refractivity contribution in [2.45, 2.75) is 111 Å². The Morgan fingerprint density at radius 2 is 1.78 bits per heavy atom. The Morgan fingerprint density at radius 3 is 2.36 bits per heavy atom. The van der Waals surface area contributed by atoms with Gasteiger partial charge in [-0.1, -0.05) is 27.2 Å². The van der Waals surface area contributed by atoms with E-state index >= 15 is 0 Å². The van der Waals surface area contributed by atoms with Gasteiger partial charge in [-0.05, 0) is 76.5 Å². The maximum Gasteiger partial charge on any atom is 0.410 e. The first kappa shape index (κ1) is 36.1. The molecule has 1 unspecified atom stereocenters. The summed E-state index contributed by atoms with van der Waals surface area (Å²) >= 11 is 0. The monoisotopic (exact) mass is 630 g/mol. The van der Waals surface area contributed by atoms with Gasteiger partial charge >= 0.3 is 6.09 Å². The summed E-state index contributed by atoms with van der Waals surface area (Å²) in [4.78, 5) is 56.6. The van der Waals surface area contributed by atoms with Gasteiger partial charge < -0.3 is 35.0 Å². The highest BCUT2D eigenvalue weighted by Crippen LogP contribution is 2.34. The number of rotatable bonds is 14. The molecule has 2 aliphatic rings. The Balaban J connectivity index is 1.84. The maximum atomic E-state index is 14.2. The molecule has 0 bridgehead atoms. The number of piperidine rings is 1. The molecule has 1 saturated heterocycles. The van der Waals surface area contributed by atoms with E-state index in [2.05, 4.69) is 10.6 Å². The third kappa shape index (κ3) is 11.5. The zero-order valence-corrected chi connectivity index (χ0v) is 28.2. The average Bonchev–Trinajstić information content (AvgIpc) is 3.82. The van der Waals surface area contributed by atoms with Crippen LogP contribution in [0.25, 0.3) is 0 Å². The van der Waals surface area contributed by atoms with Crippen LogP contribution in [-0.2, 0) is 25.7 Å². The van der Waals surface area contributed by atoms with Gasteiger partial charge in [0, 0.05) is 43.9 Å². The van der Waals surface area contributed by atoms with Crippen molar-refractivity contribution in [1.82, 2.24) is 15.1 Å². The number of carbonyl (C=O) groups is 4. The van der Waals surface area contributed by atoms with Gasteiger partial charge in [0.25, 0.3) is 0 Å². The Morgan fingerprint density at radius 1 is 1.09 bits per heavy atom. The minimum Gasteiger partial charge on any atom is -0.497 e. The van der Waals surface area contributed by atoms with Crippen LogP contribution in [0.15, 0.2) is 18.2 Å². The highest BCUT2D eigenvalue weighted by molar-refractivity contribution is 5.91. The van der Waals surface area contributed by atoms with E-state index < -0.39 is 29.6 Å². The first-order valence-electron chi connectivity index (χ1n) is 16.4. The molecule has 11 nitrogen and oxygen atoms in total. The number of amides is 4. The Hall–Kier alpha value is -3.34. The van der Waals surface area contributed by atoms with Gasteiger partial charge in [0.2, 0.25) is 17.7 Å². The molecule has 1 aliphatic heterocycles. The van der Waals surface area contributed by atoms with Crippen molar-refractivity contribution >= 4 is 29.5 Å². The number of hydrogen-bond acceptors (Lipinski definition) is 7. The molecule has 1 saturated carbocycles. The van der Waals surface area contributed by atoms with Crippen LogP contribution < -0.4 is 15.4 Å². The number of unbranched alkanes of at least 4 members (excludes halogenated alkanes) is 1. The highest BCUT2D eigenvalue weighted by Gasteiger charge is 2.43. The summed E-state index contributed by atoms with van der Waals surface area (Å²) < 4.78 is 11.1. The van der Waals surface area contributed by atoms with Crippen molar-refractivity contribution in [1.29, 1.82) is 0 Å². The SMILES string of the molecule is CCCCC(=O)Nc1cc(CN(C(=O)[C@@H]2C[C@H](C(=O)NC(CO)CC(C)C)CN(C(=O)OC(C)(C)C)C2)C2CC2)cc(OC)c1. The maximum absolute atomic E-state index is 14.2. The molecule has 1 heterocycles. The molecule has 3 rings (SSSR count). The van der Waals surface area contributed by atoms with Crippen molar-refractivity contribution < 1.29 is 33.8 Å². The number of nitrogens with one attached hydrogen (secondary N) is 2. The second kappa shape index (κ2) is 16.3. The number of nitrogens with zero attached hydrogens (tertiary/aromatic N) is 2. The third-order valence-corrected chi connectivity index (χ3v) is 8.01. The second-order valence-corrected chi connectivity index (χ2v) is 14.0. The largest absolute Gasteiger partial charge is 0.497 e. The van der Waals surface area contributed by atoms with Crippen LogP contribution in [0.1, 0.15) is 92.1 Å². The predicted octanol–water partition coefficient (Wildman–Crippen LogP) is 4.71. The summed E-state index contributed by atoms with van der Waals surface area (Å²) in [6, 6.07) is 5.14. The fourth-order valence-electron chi connectivity index (χ4n) is 5.72. The zero-order chi connectivity index (χ0) is 33.3. The van der Waals surface area contributed by atoms with E-state index in [4.69, 9.17) is 9.47 Å². The van der Waals surface area contributed by atoms with E-state index in [1.54, 1.807) is 33.9 Å². The number of likely N-dealkylation sites (tertiary alicyclic amines) is 1. The summed E-state index contributed by atoms with van der Waals surface area (Å²) in [7, 11) is 1.56. The van der Waals surface area contributed by atoms with E-state index in [1.165, 1.54) is 4.90 Å². The molecule has 2 fully saturated rings. The number of methoxy groups -OCH3 is 1. The van der Waals surface area contributed by atoms with Gasteiger partial charge in [0.15, 0.2) is 0 Å². The number of aliphatic hydroxyl groups is 1. The van der Waals surface area contributed by atoms with E-state index in [1.807, 2.05) is 37.8 Å². The summed E-state index contributed by atoms with van der Waals surface area (Å²) in [6.07, 6.45) is 4.22. The van der Waals surface area contributed by atoms with Crippen LogP contribution in [0.4, 0.5) is 10.5 Å². The van der Waals surface area contributed by atoms with E-state index in [0.717, 1.165) is 31.2 Å². The van der Waals surface area contributed by atoms with Crippen molar-refractivity contribution in [3.8, 4) is 5.75 Å². The van der Waals surface area contributed by atoms with E-state index in [-0.39, 0.29) is 55.8 Å². The van der Waals surface area contributed by atoms with Crippen LogP contribution in [0, 0.1) is 17.8 Å². The third-order valence-electron chi connectivity index (χ3n) is 8.01. The first-order chi connectivity index (χ1) is 21.2. The van der Waals surface area contributed by atoms with Crippen molar-refractivity contribution in [2.24, 2.45) is 17.8 Å². The Labute approximate surface area is 268 Å². The van der Waals surface area contributed by atoms with E-state index in [0.29, 0.717) is 30.8 Å². The van der Waals surface area contributed by atoms with Gasteiger partial charge in [0.05, 0.1) is 31.6 Å². The molecule has 0 radical (unpaired) electrons. The van der Waals surface area contributed by atoms with Gasteiger partial charge in [0.1, 0.15) is 11.4 Å². The molecule has 11 heteroatoms. The van der Waals surface area contributed by atoms with Crippen molar-refractivity contribution in [3.05, 3.63) is 23.8 Å². The minimum absolute atomic E-state index is 0.0558. The molecule has 4 amide bonds. The molecule has 252 valence electrons. The number of benzene rings is 1. The summed E-state index contributed by atoms with van der Waals surface area (Å²) in [5, 5.41) is 15.8. The Bertz CT molecular complexity index is 1180. The van der Waals surface area contributed by atoms with Crippen LogP contribution in [0.3, 0.4) is 0 Å². The van der Waals surface area contributed by atoms with Crippen LogP contribution >= 0.6 is 0 Å². The standard InChI is InChI=1S/C34H54N4O7/c1-8-9-10-30(40)35-26-14-23(15-29(17-26)44-7)18-38(28-11-12-28)32(42)25-16-24(31(41)36-27(21-39)13-22(2)3)19-37(20-25)33(43)45-34(4,5)6/h14-15,17,22,24-25,27-28,39H,8-13,16,18-21H2,1-7H3,(H,35,40)(H,36,41)/t24-,25+,27?/m0/s1. The normalized spacial score (nSPS) is 19.1. The lowest BCUT2D eigenvalue weighted by Crippen LogP contribution is -2.54. The molecule has 1 aliphatic carbocycles. The molecule has 3 atom stereocenters. The fraction of sp³-hybridized carbons (Fsp3) is 0.706. The minimum atomic E-state index is -0.735. The smallest absolute Gasteiger partial charge is 0.410 e. The topological polar surface area (TPSA) is 138 Å². The van der Waals surface area contributed by atoms with Gasteiger partial charge in [-0.15, -0.1) is 0 Å². The average molecular weight is 631 g/mol. The van der Waals surface area contributed by atoms with Crippen LogP contribution in [0.5, 0.6) is 5.75 Å². The molecular weight excluding hydrogens is 576 g/mol. The second-order valence-electron chi connectivity index (χ2n) is 14.0. The molecule has 1 aromatic carbocycles. The van der Waals surface area contributed by atoms with Crippen LogP contribution in [0.2, 0.25) is 0 Å². The lowest BCUT2D eigenvalue weighted by Gasteiger charge is -2.39. The molecule has 0 aromatic heterocycles. The first-order valence-corrected chi connectivity index (χ1v) is 16.4. The molecule has 1 aromatic rings. The number of aliphatic hydroxyl groups excluding tert-OH is 1. The summed E-state index contributed by atoms with van der Waals surface area (Å²) in [5.74, 6) is -0.877. The van der Waals surface area contributed by atoms with Gasteiger partial charge in [-0.2, -0.15) is 0 Å². The zero-order valence-electron chi connectivity index (χ0n) is 28.2. The van der Waals surface area contributed by atoms with Gasteiger partial charge in [-0.3, -0.25) is 14.4 Å². The number of carbonyl (C=O) groups excluding carboxylic acids is 4. The summed E-state index contributed by atoms with van der Waals surface area (Å²) in [6.45, 7) is 11.8. The number of ether oxygens (including phenoxy) is 2.